The van der Waals surface area contributed by atoms with Gasteiger partial charge in [-0.1, -0.05) is 0 Å². The molecular formula is C12H17N3O3S. The number of ether oxygens (including phenoxy) is 1. The van der Waals surface area contributed by atoms with Gasteiger partial charge in [-0.15, -0.1) is 0 Å². The monoisotopic (exact) mass is 283 g/mol. The quantitative estimate of drug-likeness (QED) is 0.798. The molecule has 1 fully saturated rings. The van der Waals surface area contributed by atoms with E-state index in [0.29, 0.717) is 30.3 Å². The van der Waals surface area contributed by atoms with Gasteiger partial charge in [-0.05, 0) is 13.0 Å². The van der Waals surface area contributed by atoms with Gasteiger partial charge in [0.1, 0.15) is 11.7 Å². The number of anilines is 1. The van der Waals surface area contributed by atoms with Crippen LogP contribution in [0.25, 0.3) is 0 Å². The third-order valence-corrected chi connectivity index (χ3v) is 3.91. The second-order valence-corrected chi connectivity index (χ2v) is 5.34. The number of nitrogens with zero attached hydrogens (tertiary/aromatic N) is 1. The van der Waals surface area contributed by atoms with E-state index in [0.717, 1.165) is 5.75 Å². The maximum atomic E-state index is 12.4. The van der Waals surface area contributed by atoms with Crippen molar-refractivity contribution in [1.29, 1.82) is 0 Å². The van der Waals surface area contributed by atoms with Crippen LogP contribution < -0.4 is 5.73 Å². The summed E-state index contributed by atoms with van der Waals surface area (Å²) in [6, 6.07) is 1.06. The average Bonchev–Trinajstić information content (AvgIpc) is 2.85. The molecular weight excluding hydrogens is 266 g/mol. The van der Waals surface area contributed by atoms with E-state index in [1.807, 2.05) is 0 Å². The van der Waals surface area contributed by atoms with Gasteiger partial charge in [-0.3, -0.25) is 4.79 Å². The van der Waals surface area contributed by atoms with Crippen LogP contribution in [0, 0.1) is 0 Å². The fraction of sp³-hybridized carbons (Fsp3) is 0.500. The normalized spacial score (nSPS) is 19.2. The molecule has 3 N–H and O–H groups in total. The zero-order chi connectivity index (χ0) is 13.8. The Kier molecular flexibility index (Phi) is 4.36. The number of carbonyl (C=O) groups excluding carboxylic acids is 2. The number of nitrogen functional groups attached to an aromatic ring is 1. The van der Waals surface area contributed by atoms with Crippen molar-refractivity contribution < 1.29 is 14.3 Å². The van der Waals surface area contributed by atoms with Gasteiger partial charge in [0, 0.05) is 29.9 Å². The molecule has 1 aromatic rings. The van der Waals surface area contributed by atoms with E-state index in [4.69, 9.17) is 10.5 Å². The molecule has 1 atom stereocenters. The van der Waals surface area contributed by atoms with Crippen LogP contribution in [0.5, 0.6) is 0 Å². The van der Waals surface area contributed by atoms with E-state index in [-0.39, 0.29) is 11.9 Å². The van der Waals surface area contributed by atoms with Crippen LogP contribution in [0.2, 0.25) is 0 Å². The molecule has 1 aromatic heterocycles. The van der Waals surface area contributed by atoms with Crippen molar-refractivity contribution in [3.8, 4) is 0 Å². The van der Waals surface area contributed by atoms with Crippen LogP contribution >= 0.6 is 11.8 Å². The van der Waals surface area contributed by atoms with Crippen LogP contribution in [0.4, 0.5) is 5.69 Å². The predicted octanol–water partition coefficient (Wildman–Crippen LogP) is 0.718. The van der Waals surface area contributed by atoms with E-state index in [9.17, 15) is 9.59 Å². The van der Waals surface area contributed by atoms with Crippen LogP contribution in [-0.4, -0.2) is 52.5 Å². The minimum absolute atomic E-state index is 0.213. The number of hydrogen-bond acceptors (Lipinski definition) is 5. The first-order chi connectivity index (χ1) is 9.13. The summed E-state index contributed by atoms with van der Waals surface area (Å²) in [6.45, 7) is 2.61. The van der Waals surface area contributed by atoms with Crippen LogP contribution in [-0.2, 0) is 9.53 Å². The summed E-state index contributed by atoms with van der Waals surface area (Å²) < 4.78 is 5.02. The number of esters is 1. The SMILES string of the molecule is CCOC(=O)C1CSCCN1C(=O)c1cc(N)c[nH]1. The summed E-state index contributed by atoms with van der Waals surface area (Å²) in [7, 11) is 0. The minimum Gasteiger partial charge on any atom is -0.464 e. The van der Waals surface area contributed by atoms with E-state index in [1.54, 1.807) is 35.8 Å². The van der Waals surface area contributed by atoms with Crippen LogP contribution in [0.1, 0.15) is 17.4 Å². The number of nitrogens with one attached hydrogen (secondary N) is 1. The minimum atomic E-state index is -0.518. The Morgan fingerprint density at radius 3 is 3.05 bits per heavy atom. The lowest BCUT2D eigenvalue weighted by molar-refractivity contribution is -0.147. The molecule has 0 saturated carbocycles. The summed E-state index contributed by atoms with van der Waals surface area (Å²) in [4.78, 5) is 28.6. The second kappa shape index (κ2) is 6.01. The first kappa shape index (κ1) is 13.8. The molecule has 1 amide bonds. The lowest BCUT2D eigenvalue weighted by atomic mass is 10.2. The molecule has 0 bridgehead atoms. The molecule has 1 unspecified atom stereocenters. The van der Waals surface area contributed by atoms with Gasteiger partial charge < -0.3 is 20.4 Å². The fourth-order valence-corrected chi connectivity index (χ4v) is 3.00. The first-order valence-corrected chi connectivity index (χ1v) is 7.28. The summed E-state index contributed by atoms with van der Waals surface area (Å²) >= 11 is 1.65. The van der Waals surface area contributed by atoms with E-state index >= 15 is 0 Å². The predicted molar refractivity (Wildman–Crippen MR) is 74.0 cm³/mol. The third-order valence-electron chi connectivity index (χ3n) is 2.88. The Morgan fingerprint density at radius 2 is 2.42 bits per heavy atom. The third kappa shape index (κ3) is 3.04. The Bertz CT molecular complexity index is 475. The summed E-state index contributed by atoms with van der Waals surface area (Å²) in [5, 5.41) is 0. The molecule has 6 nitrogen and oxygen atoms in total. The number of nitrogens with two attached hydrogens (primary N) is 1. The zero-order valence-corrected chi connectivity index (χ0v) is 11.5. The number of aromatic amines is 1. The Labute approximate surface area is 115 Å². The highest BCUT2D eigenvalue weighted by Crippen LogP contribution is 2.20. The van der Waals surface area contributed by atoms with Crippen molar-refractivity contribution in [1.82, 2.24) is 9.88 Å². The van der Waals surface area contributed by atoms with Crippen molar-refractivity contribution in [3.63, 3.8) is 0 Å². The van der Waals surface area contributed by atoms with Crippen molar-refractivity contribution in [2.45, 2.75) is 13.0 Å². The molecule has 0 radical (unpaired) electrons. The number of carbonyl (C=O) groups is 2. The molecule has 2 heterocycles. The highest BCUT2D eigenvalue weighted by atomic mass is 32.2. The molecule has 104 valence electrons. The highest BCUT2D eigenvalue weighted by Gasteiger charge is 2.34. The highest BCUT2D eigenvalue weighted by molar-refractivity contribution is 7.99. The molecule has 7 heteroatoms. The Hall–Kier alpha value is -1.63. The van der Waals surface area contributed by atoms with Gasteiger partial charge >= 0.3 is 5.97 Å². The van der Waals surface area contributed by atoms with Crippen LogP contribution in [0.3, 0.4) is 0 Å². The van der Waals surface area contributed by atoms with Crippen molar-refractivity contribution >= 4 is 29.3 Å². The zero-order valence-electron chi connectivity index (χ0n) is 10.7. The van der Waals surface area contributed by atoms with Gasteiger partial charge in [0.2, 0.25) is 0 Å². The summed E-state index contributed by atoms with van der Waals surface area (Å²) in [5.41, 5.74) is 6.49. The summed E-state index contributed by atoms with van der Waals surface area (Å²) in [6.07, 6.45) is 1.56. The van der Waals surface area contributed by atoms with Gasteiger partial charge in [0.25, 0.3) is 5.91 Å². The van der Waals surface area contributed by atoms with Gasteiger partial charge in [0.15, 0.2) is 0 Å². The van der Waals surface area contributed by atoms with Crippen molar-refractivity contribution in [3.05, 3.63) is 18.0 Å². The lowest BCUT2D eigenvalue weighted by Gasteiger charge is -2.33. The van der Waals surface area contributed by atoms with E-state index in [2.05, 4.69) is 4.98 Å². The van der Waals surface area contributed by atoms with Gasteiger partial charge in [0.05, 0.1) is 6.61 Å². The topological polar surface area (TPSA) is 88.4 Å². The van der Waals surface area contributed by atoms with E-state index < -0.39 is 6.04 Å². The number of amides is 1. The van der Waals surface area contributed by atoms with E-state index in [1.165, 1.54) is 0 Å². The lowest BCUT2D eigenvalue weighted by Crippen LogP contribution is -2.51. The van der Waals surface area contributed by atoms with Crippen molar-refractivity contribution in [2.75, 3.05) is 30.4 Å². The number of aromatic nitrogens is 1. The smallest absolute Gasteiger partial charge is 0.329 e. The first-order valence-electron chi connectivity index (χ1n) is 6.12. The number of hydrogen-bond donors (Lipinski definition) is 2. The molecule has 2 rings (SSSR count). The van der Waals surface area contributed by atoms with Gasteiger partial charge in [-0.25, -0.2) is 4.79 Å². The van der Waals surface area contributed by atoms with Gasteiger partial charge in [-0.2, -0.15) is 11.8 Å². The molecule has 1 aliphatic rings. The number of H-pyrrole nitrogens is 1. The molecule has 1 aliphatic heterocycles. The number of thioether (sulfide) groups is 1. The fourth-order valence-electron chi connectivity index (χ4n) is 1.97. The Morgan fingerprint density at radius 1 is 1.63 bits per heavy atom. The van der Waals surface area contributed by atoms with Crippen LogP contribution in [0.15, 0.2) is 12.3 Å². The molecule has 0 spiro atoms. The second-order valence-electron chi connectivity index (χ2n) is 4.19. The maximum Gasteiger partial charge on any atom is 0.329 e. The molecule has 0 aliphatic carbocycles. The molecule has 1 saturated heterocycles. The summed E-state index contributed by atoms with van der Waals surface area (Å²) in [5.74, 6) is 0.830. The van der Waals surface area contributed by atoms with Crippen molar-refractivity contribution in [2.24, 2.45) is 0 Å². The average molecular weight is 283 g/mol. The molecule has 0 aromatic carbocycles. The Balaban J connectivity index is 2.15. The largest absolute Gasteiger partial charge is 0.464 e. The number of rotatable bonds is 3. The standard InChI is InChI=1S/C12H17N3O3S/c1-2-18-12(17)10-7-19-4-3-15(10)11(16)9-5-8(13)6-14-9/h5-6,10,14H,2-4,7,13H2,1H3. The molecule has 19 heavy (non-hydrogen) atoms. The maximum absolute atomic E-state index is 12.4.